The zero-order valence-electron chi connectivity index (χ0n) is 23.5. The molecule has 0 saturated carbocycles. The molecular formula is C29H39N7O3. The normalized spacial score (nSPS) is 17.7. The third-order valence-electron chi connectivity index (χ3n) is 7.38. The van der Waals surface area contributed by atoms with Gasteiger partial charge in [0.2, 0.25) is 5.91 Å². The number of aromatic amines is 1. The molecule has 1 fully saturated rings. The molecule has 0 spiro atoms. The summed E-state index contributed by atoms with van der Waals surface area (Å²) in [6.07, 6.45) is 4.67. The Hall–Kier alpha value is -3.79. The summed E-state index contributed by atoms with van der Waals surface area (Å²) in [6.45, 7) is 10.5. The van der Waals surface area contributed by atoms with Crippen molar-refractivity contribution in [2.24, 2.45) is 5.92 Å². The van der Waals surface area contributed by atoms with Crippen LogP contribution in [0, 0.1) is 25.2 Å². The van der Waals surface area contributed by atoms with E-state index in [9.17, 15) is 14.4 Å². The van der Waals surface area contributed by atoms with Crippen molar-refractivity contribution in [1.82, 2.24) is 25.1 Å². The minimum Gasteiger partial charge on any atom is -0.367 e. The number of carbonyl (C=O) groups excluding carboxylic acids is 2. The van der Waals surface area contributed by atoms with Crippen LogP contribution in [-0.4, -0.2) is 77.1 Å². The largest absolute Gasteiger partial charge is 0.367 e. The van der Waals surface area contributed by atoms with Gasteiger partial charge in [-0.2, -0.15) is 0 Å². The molecule has 4 heterocycles. The summed E-state index contributed by atoms with van der Waals surface area (Å²) in [7, 11) is 2.04. The second-order valence-corrected chi connectivity index (χ2v) is 10.9. The molecule has 1 saturated heterocycles. The number of H-pyrrole nitrogens is 1. The summed E-state index contributed by atoms with van der Waals surface area (Å²) in [5.74, 6) is 0.323. The molecule has 2 aromatic heterocycles. The number of nitrogens with zero attached hydrogens (tertiary/aromatic N) is 3. The number of anilines is 1. The van der Waals surface area contributed by atoms with Gasteiger partial charge in [0.1, 0.15) is 5.82 Å². The van der Waals surface area contributed by atoms with Crippen molar-refractivity contribution in [3.05, 3.63) is 62.2 Å². The highest BCUT2D eigenvalue weighted by Gasteiger charge is 2.31. The first-order chi connectivity index (χ1) is 18.6. The summed E-state index contributed by atoms with van der Waals surface area (Å²) in [4.78, 5) is 50.5. The molecule has 1 unspecified atom stereocenters. The zero-order chi connectivity index (χ0) is 28.3. The highest BCUT2D eigenvalue weighted by Crippen LogP contribution is 2.28. The summed E-state index contributed by atoms with van der Waals surface area (Å²) in [5.41, 5.74) is 4.14. The van der Waals surface area contributed by atoms with Crippen molar-refractivity contribution in [1.29, 1.82) is 5.41 Å². The Morgan fingerprint density at radius 1 is 1.26 bits per heavy atom. The van der Waals surface area contributed by atoms with E-state index in [4.69, 9.17) is 10.4 Å². The SMILES string of the molecule is Cc1cc(C)c(CNC(=O)c2cc(C3=CCN(C(=O)C4CCN(C)C4)CC3)nc(NC(C)C)c2C=N)c(=O)[nH]1. The third kappa shape index (κ3) is 6.44. The van der Waals surface area contributed by atoms with Crippen molar-refractivity contribution in [2.75, 3.05) is 38.5 Å². The molecule has 4 rings (SSSR count). The van der Waals surface area contributed by atoms with E-state index in [2.05, 4.69) is 20.5 Å². The van der Waals surface area contributed by atoms with E-state index in [0.717, 1.165) is 42.6 Å². The molecule has 1 atom stereocenters. The minimum atomic E-state index is -0.387. The molecule has 10 heteroatoms. The van der Waals surface area contributed by atoms with Crippen LogP contribution in [-0.2, 0) is 11.3 Å². The first-order valence-electron chi connectivity index (χ1n) is 13.5. The number of aromatic nitrogens is 2. The van der Waals surface area contributed by atoms with Crippen LogP contribution in [0.3, 0.4) is 0 Å². The lowest BCUT2D eigenvalue weighted by atomic mass is 9.98. The summed E-state index contributed by atoms with van der Waals surface area (Å²) >= 11 is 0. The van der Waals surface area contributed by atoms with Crippen LogP contribution in [0.5, 0.6) is 0 Å². The second kappa shape index (κ2) is 11.9. The lowest BCUT2D eigenvalue weighted by molar-refractivity contribution is -0.134. The minimum absolute atomic E-state index is 0.0362. The number of amides is 2. The van der Waals surface area contributed by atoms with Gasteiger partial charge in [-0.25, -0.2) is 4.98 Å². The number of hydrogen-bond donors (Lipinski definition) is 4. The van der Waals surface area contributed by atoms with Crippen molar-refractivity contribution >= 4 is 29.4 Å². The summed E-state index contributed by atoms with van der Waals surface area (Å²) < 4.78 is 0. The fourth-order valence-corrected chi connectivity index (χ4v) is 5.30. The Morgan fingerprint density at radius 2 is 2.03 bits per heavy atom. The molecular weight excluding hydrogens is 494 g/mol. The average molecular weight is 534 g/mol. The summed E-state index contributed by atoms with van der Waals surface area (Å²) in [5, 5.41) is 14.2. The molecule has 2 aliphatic heterocycles. The van der Waals surface area contributed by atoms with Gasteiger partial charge in [0, 0.05) is 55.3 Å². The van der Waals surface area contributed by atoms with Crippen LogP contribution in [0.1, 0.15) is 65.1 Å². The van der Waals surface area contributed by atoms with Gasteiger partial charge >= 0.3 is 0 Å². The smallest absolute Gasteiger partial charge is 0.253 e. The molecule has 0 aliphatic carbocycles. The van der Waals surface area contributed by atoms with E-state index >= 15 is 0 Å². The fraction of sp³-hybridized carbons (Fsp3) is 0.483. The van der Waals surface area contributed by atoms with E-state index in [0.29, 0.717) is 47.7 Å². The van der Waals surface area contributed by atoms with E-state index in [1.807, 2.05) is 51.8 Å². The third-order valence-corrected chi connectivity index (χ3v) is 7.38. The van der Waals surface area contributed by atoms with E-state index in [1.54, 1.807) is 6.07 Å². The van der Waals surface area contributed by atoms with E-state index in [-0.39, 0.29) is 35.9 Å². The molecule has 2 aliphatic rings. The quantitative estimate of drug-likeness (QED) is 0.386. The molecule has 208 valence electrons. The van der Waals surface area contributed by atoms with Gasteiger partial charge in [-0.3, -0.25) is 14.4 Å². The molecule has 10 nitrogen and oxygen atoms in total. The maximum absolute atomic E-state index is 13.4. The van der Waals surface area contributed by atoms with Crippen LogP contribution in [0.2, 0.25) is 0 Å². The van der Waals surface area contributed by atoms with Gasteiger partial charge in [-0.15, -0.1) is 0 Å². The van der Waals surface area contributed by atoms with Gasteiger partial charge in [-0.1, -0.05) is 6.08 Å². The van der Waals surface area contributed by atoms with Gasteiger partial charge in [-0.05, 0) is 77.4 Å². The van der Waals surface area contributed by atoms with Crippen LogP contribution in [0.25, 0.3) is 5.57 Å². The lowest BCUT2D eigenvalue weighted by Crippen LogP contribution is -2.39. The monoisotopic (exact) mass is 533 g/mol. The number of rotatable bonds is 8. The molecule has 0 bridgehead atoms. The van der Waals surface area contributed by atoms with Gasteiger partial charge in [0.25, 0.3) is 11.5 Å². The number of aryl methyl sites for hydroxylation is 2. The van der Waals surface area contributed by atoms with Crippen molar-refractivity contribution in [3.8, 4) is 0 Å². The standard InChI is InChI=1S/C29H39N7O3/c1-17(2)32-26-23(14-30)22(27(37)31-15-24-18(3)12-19(4)33-28(24)38)13-25(34-26)20-7-10-36(11-8-20)29(39)21-6-9-35(5)16-21/h7,12-14,17,21,30H,6,8-11,15-16H2,1-5H3,(H,31,37)(H,32,34)(H,33,38). The molecule has 4 N–H and O–H groups in total. The van der Waals surface area contributed by atoms with E-state index < -0.39 is 0 Å². The second-order valence-electron chi connectivity index (χ2n) is 10.9. The average Bonchev–Trinajstić information content (AvgIpc) is 3.33. The van der Waals surface area contributed by atoms with Gasteiger partial charge in [0.05, 0.1) is 17.2 Å². The lowest BCUT2D eigenvalue weighted by Gasteiger charge is -2.29. The maximum Gasteiger partial charge on any atom is 0.253 e. The number of pyridine rings is 2. The highest BCUT2D eigenvalue weighted by molar-refractivity contribution is 6.05. The van der Waals surface area contributed by atoms with Gasteiger partial charge in [0.15, 0.2) is 0 Å². The molecule has 2 aromatic rings. The van der Waals surface area contributed by atoms with Crippen LogP contribution >= 0.6 is 0 Å². The van der Waals surface area contributed by atoms with E-state index in [1.165, 1.54) is 0 Å². The first kappa shape index (κ1) is 28.2. The molecule has 0 radical (unpaired) electrons. The number of carbonyl (C=O) groups is 2. The van der Waals surface area contributed by atoms with Crippen LogP contribution in [0.15, 0.2) is 23.0 Å². The highest BCUT2D eigenvalue weighted by atomic mass is 16.2. The Bertz CT molecular complexity index is 1360. The van der Waals surface area contributed by atoms with Crippen LogP contribution < -0.4 is 16.2 Å². The number of nitrogens with one attached hydrogen (secondary N) is 4. The zero-order valence-corrected chi connectivity index (χ0v) is 23.5. The predicted octanol–water partition coefficient (Wildman–Crippen LogP) is 2.70. The Labute approximate surface area is 229 Å². The summed E-state index contributed by atoms with van der Waals surface area (Å²) in [6, 6.07) is 3.62. The Balaban J connectivity index is 1.60. The predicted molar refractivity (Wildman–Crippen MR) is 153 cm³/mol. The first-order valence-corrected chi connectivity index (χ1v) is 13.5. The van der Waals surface area contributed by atoms with Crippen molar-refractivity contribution < 1.29 is 9.59 Å². The van der Waals surface area contributed by atoms with Crippen molar-refractivity contribution in [3.63, 3.8) is 0 Å². The number of likely N-dealkylation sites (tertiary alicyclic amines) is 1. The number of hydrogen-bond acceptors (Lipinski definition) is 7. The molecule has 2 amide bonds. The molecule has 39 heavy (non-hydrogen) atoms. The topological polar surface area (TPSA) is 134 Å². The molecule has 0 aromatic carbocycles. The van der Waals surface area contributed by atoms with Crippen LogP contribution in [0.4, 0.5) is 5.82 Å². The van der Waals surface area contributed by atoms with Gasteiger partial charge < -0.3 is 30.8 Å². The maximum atomic E-state index is 13.4. The Kier molecular flexibility index (Phi) is 8.64. The Morgan fingerprint density at radius 3 is 2.62 bits per heavy atom. The van der Waals surface area contributed by atoms with Crippen molar-refractivity contribution in [2.45, 2.75) is 53.1 Å². The fourth-order valence-electron chi connectivity index (χ4n) is 5.30.